The minimum Gasteiger partial charge on any atom is -0.497 e. The molecule has 6 aromatic carbocycles. The summed E-state index contributed by atoms with van der Waals surface area (Å²) < 4.78 is 14.5. The van der Waals surface area contributed by atoms with Crippen LogP contribution in [0.3, 0.4) is 0 Å². The molecule has 0 saturated heterocycles. The third-order valence-corrected chi connectivity index (χ3v) is 12.3. The van der Waals surface area contributed by atoms with E-state index in [0.29, 0.717) is 0 Å². The third kappa shape index (κ3) is 4.65. The Kier molecular flexibility index (Phi) is 6.68. The van der Waals surface area contributed by atoms with Crippen molar-refractivity contribution in [3.63, 3.8) is 0 Å². The third-order valence-electron chi connectivity index (χ3n) is 12.3. The van der Waals surface area contributed by atoms with Gasteiger partial charge in [0.25, 0.3) is 0 Å². The molecule has 0 spiro atoms. The lowest BCUT2D eigenvalue weighted by molar-refractivity contribution is 0.188. The maximum absolute atomic E-state index is 7.34. The zero-order valence-electron chi connectivity index (χ0n) is 32.2. The number of rotatable bonds is 2. The zero-order valence-corrected chi connectivity index (χ0v) is 32.2. The molecule has 11 rings (SSSR count). The Bertz CT molecular complexity index is 2780. The molecule has 4 nitrogen and oxygen atoms in total. The van der Waals surface area contributed by atoms with Gasteiger partial charge in [0, 0.05) is 27.8 Å². The number of hydrogen-bond donors (Lipinski definition) is 0. The van der Waals surface area contributed by atoms with Gasteiger partial charge in [-0.3, -0.25) is 0 Å². The van der Waals surface area contributed by atoms with Gasteiger partial charge in [-0.2, -0.15) is 0 Å². The Morgan fingerprint density at radius 3 is 1.95 bits per heavy atom. The van der Waals surface area contributed by atoms with E-state index >= 15 is 0 Å². The Morgan fingerprint density at radius 2 is 1.24 bits per heavy atom. The maximum atomic E-state index is 7.34. The summed E-state index contributed by atoms with van der Waals surface area (Å²) in [6, 6.07) is 47.0. The zero-order chi connectivity index (χ0) is 37.4. The van der Waals surface area contributed by atoms with Gasteiger partial charge in [-0.15, -0.1) is 0 Å². The van der Waals surface area contributed by atoms with E-state index in [2.05, 4.69) is 191 Å². The van der Waals surface area contributed by atoms with E-state index in [9.17, 15) is 0 Å². The first-order chi connectivity index (χ1) is 26.6. The van der Waals surface area contributed by atoms with Crippen molar-refractivity contribution < 1.29 is 9.15 Å². The molecule has 4 heterocycles. The van der Waals surface area contributed by atoms with Gasteiger partial charge in [-0.1, -0.05) is 133 Å². The van der Waals surface area contributed by atoms with Crippen LogP contribution in [0, 0.1) is 0 Å². The van der Waals surface area contributed by atoms with Crippen LogP contribution in [-0.2, 0) is 15.6 Å². The molecular formula is C50H43BN2O2. The summed E-state index contributed by atoms with van der Waals surface area (Å²) in [4.78, 5) is 5.01. The van der Waals surface area contributed by atoms with E-state index in [1.54, 1.807) is 0 Å². The summed E-state index contributed by atoms with van der Waals surface area (Å²) in [5.74, 6) is 0.00450. The minimum atomic E-state index is -0.242. The summed E-state index contributed by atoms with van der Waals surface area (Å²) >= 11 is 0. The average Bonchev–Trinajstić information content (AvgIpc) is 3.77. The molecule has 0 amide bonds. The normalized spacial score (nSPS) is 18.3. The van der Waals surface area contributed by atoms with Crippen LogP contribution in [0.15, 0.2) is 149 Å². The van der Waals surface area contributed by atoms with Crippen LogP contribution in [0.2, 0.25) is 0 Å². The van der Waals surface area contributed by atoms with Crippen molar-refractivity contribution >= 4 is 74.1 Å². The Morgan fingerprint density at radius 1 is 0.618 bits per heavy atom. The Labute approximate surface area is 323 Å². The number of hydrogen-bond acceptors (Lipinski definition) is 4. The minimum absolute atomic E-state index is 0.00450. The van der Waals surface area contributed by atoms with Crippen LogP contribution < -0.4 is 20.9 Å². The molecule has 5 heteroatoms. The van der Waals surface area contributed by atoms with Crippen LogP contribution in [-0.4, -0.2) is 12.8 Å². The second-order valence-electron chi connectivity index (χ2n) is 17.7. The Hall–Kier alpha value is -5.94. The first-order valence-electron chi connectivity index (χ1n) is 19.6. The fraction of sp³-hybridized carbons (Fsp3) is 0.200. The summed E-state index contributed by atoms with van der Waals surface area (Å²) in [6.45, 7) is 13.4. The lowest BCUT2D eigenvalue weighted by atomic mass is 9.37. The monoisotopic (exact) mass is 714 g/mol. The second-order valence-corrected chi connectivity index (χ2v) is 17.7. The van der Waals surface area contributed by atoms with Gasteiger partial charge in [0.05, 0.1) is 28.6 Å². The second kappa shape index (κ2) is 11.3. The maximum Gasteiger partial charge on any atom is 0.340 e. The molecule has 2 unspecified atom stereocenters. The van der Waals surface area contributed by atoms with Crippen LogP contribution in [0.25, 0.3) is 27.8 Å². The summed E-state index contributed by atoms with van der Waals surface area (Å²) in [7, 11) is 0. The van der Waals surface area contributed by atoms with E-state index in [0.717, 1.165) is 45.0 Å². The molecule has 0 N–H and O–H groups in total. The van der Waals surface area contributed by atoms with Gasteiger partial charge >= 0.3 is 6.71 Å². The molecule has 1 aromatic heterocycles. The summed E-state index contributed by atoms with van der Waals surface area (Å²) in [5, 5.41) is 3.51. The van der Waals surface area contributed by atoms with Crippen LogP contribution >= 0.6 is 0 Å². The number of fused-ring (bicyclic) bond motifs is 11. The number of furan rings is 1. The molecule has 0 saturated carbocycles. The molecule has 0 radical (unpaired) electrons. The summed E-state index contributed by atoms with van der Waals surface area (Å²) in [5.41, 5.74) is 16.1. The number of ether oxygens (including phenoxy) is 1. The van der Waals surface area contributed by atoms with E-state index in [-0.39, 0.29) is 29.6 Å². The number of benzene rings is 6. The van der Waals surface area contributed by atoms with Crippen LogP contribution in [0.5, 0.6) is 0 Å². The van der Waals surface area contributed by atoms with Crippen molar-refractivity contribution in [2.24, 2.45) is 0 Å². The highest BCUT2D eigenvalue weighted by Gasteiger charge is 2.55. The predicted octanol–water partition coefficient (Wildman–Crippen LogP) is 11.7. The van der Waals surface area contributed by atoms with Gasteiger partial charge in [0.15, 0.2) is 0 Å². The first-order valence-corrected chi connectivity index (χ1v) is 19.6. The van der Waals surface area contributed by atoms with Crippen LogP contribution in [0.4, 0.5) is 28.4 Å². The van der Waals surface area contributed by atoms with Crippen molar-refractivity contribution in [1.82, 2.24) is 0 Å². The molecule has 0 fully saturated rings. The molecule has 3 aliphatic heterocycles. The standard InChI is InChI=1S/C50H43BN2O2/c1-49(2,3)32-20-24-34(25-21-32)52-39-29-31-14-8-10-16-37(31)44-43(39)51(47-45(52)38-17-11-12-18-40(38)54-47)48-46(53(44)35-26-22-33(23-27-35)50(4,5)6)42-36-15-9-7-13-30(36)19-28-41(42)55-48/h7-29,41-42H,1-6H3. The van der Waals surface area contributed by atoms with Gasteiger partial charge in [-0.05, 0) is 92.5 Å². The molecule has 55 heavy (non-hydrogen) atoms. The average molecular weight is 715 g/mol. The van der Waals surface area contributed by atoms with Crippen molar-refractivity contribution in [3.05, 3.63) is 167 Å². The van der Waals surface area contributed by atoms with Crippen molar-refractivity contribution in [1.29, 1.82) is 0 Å². The fourth-order valence-corrected chi connectivity index (χ4v) is 9.57. The molecule has 4 aliphatic rings. The highest BCUT2D eigenvalue weighted by Crippen LogP contribution is 2.56. The molecule has 7 aromatic rings. The molecular weight excluding hydrogens is 671 g/mol. The van der Waals surface area contributed by atoms with Crippen molar-refractivity contribution in [3.8, 4) is 0 Å². The van der Waals surface area contributed by atoms with Gasteiger partial charge < -0.3 is 19.0 Å². The van der Waals surface area contributed by atoms with Gasteiger partial charge in [0.2, 0.25) is 0 Å². The lowest BCUT2D eigenvalue weighted by Crippen LogP contribution is -2.55. The number of anilines is 5. The van der Waals surface area contributed by atoms with Crippen molar-refractivity contribution in [2.75, 3.05) is 9.80 Å². The highest BCUT2D eigenvalue weighted by molar-refractivity contribution is 6.94. The SMILES string of the molecule is CC(C)(C)c1ccc(N2C3=C(OC4C=Cc5ccccc5C34)B3c4oc5ccccc5c4N(c4ccc(C(C)(C)C)cc4)c4cc5ccccc5c2c43)cc1. The van der Waals surface area contributed by atoms with E-state index in [1.807, 2.05) is 0 Å². The van der Waals surface area contributed by atoms with Crippen LogP contribution in [0.1, 0.15) is 69.7 Å². The van der Waals surface area contributed by atoms with Gasteiger partial charge in [0.1, 0.15) is 17.3 Å². The predicted molar refractivity (Wildman–Crippen MR) is 230 cm³/mol. The smallest absolute Gasteiger partial charge is 0.340 e. The molecule has 2 atom stereocenters. The quantitative estimate of drug-likeness (QED) is 0.167. The largest absolute Gasteiger partial charge is 0.497 e. The van der Waals surface area contributed by atoms with Crippen molar-refractivity contribution in [2.45, 2.75) is 64.4 Å². The number of para-hydroxylation sites is 1. The highest BCUT2D eigenvalue weighted by atomic mass is 16.5. The summed E-state index contributed by atoms with van der Waals surface area (Å²) in [6.07, 6.45) is 4.36. The number of nitrogens with zero attached hydrogens (tertiary/aromatic N) is 2. The van der Waals surface area contributed by atoms with E-state index < -0.39 is 0 Å². The molecule has 268 valence electrons. The topological polar surface area (TPSA) is 28.9 Å². The van der Waals surface area contributed by atoms with Gasteiger partial charge in [-0.25, -0.2) is 0 Å². The van der Waals surface area contributed by atoms with E-state index in [4.69, 9.17) is 9.15 Å². The Balaban J connectivity index is 1.26. The fourth-order valence-electron chi connectivity index (χ4n) is 9.57. The molecule has 0 bridgehead atoms. The first kappa shape index (κ1) is 32.5. The van der Waals surface area contributed by atoms with E-state index in [1.165, 1.54) is 49.9 Å². The molecule has 1 aliphatic carbocycles. The lowest BCUT2D eigenvalue weighted by Gasteiger charge is -2.43.